The maximum absolute atomic E-state index is 11.3. The van der Waals surface area contributed by atoms with Crippen LogP contribution in [0.3, 0.4) is 0 Å². The summed E-state index contributed by atoms with van der Waals surface area (Å²) in [6.45, 7) is 3.28. The minimum absolute atomic E-state index is 0.134. The van der Waals surface area contributed by atoms with Gasteiger partial charge in [0.1, 0.15) is 18.2 Å². The van der Waals surface area contributed by atoms with Crippen LogP contribution in [0.4, 0.5) is 16.4 Å². The monoisotopic (exact) mass is 453 g/mol. The third kappa shape index (κ3) is 4.30. The van der Waals surface area contributed by atoms with Gasteiger partial charge in [0, 0.05) is 48.4 Å². The van der Waals surface area contributed by atoms with Crippen molar-refractivity contribution in [3.63, 3.8) is 0 Å². The first kappa shape index (κ1) is 20.9. The molecule has 2 bridgehead atoms. The van der Waals surface area contributed by atoms with Gasteiger partial charge >= 0.3 is 6.16 Å². The second-order valence-corrected chi connectivity index (χ2v) is 9.74. The number of hydrogen-bond donors (Lipinski definition) is 4. The molecule has 0 spiro atoms. The smallest absolute Gasteiger partial charge is 0.430 e. The first-order chi connectivity index (χ1) is 16.1. The molecule has 33 heavy (non-hydrogen) atoms. The fraction of sp³-hybridized carbons (Fsp3) is 0.609. The maximum Gasteiger partial charge on any atom is 0.508 e. The summed E-state index contributed by atoms with van der Waals surface area (Å²) < 4.78 is 10.3. The number of aromatic nitrogens is 2. The lowest BCUT2D eigenvalue weighted by Crippen LogP contribution is -2.49. The Bertz CT molecular complexity index is 1020. The van der Waals surface area contributed by atoms with Crippen LogP contribution in [0.15, 0.2) is 24.4 Å². The number of anilines is 2. The van der Waals surface area contributed by atoms with Crippen molar-refractivity contribution in [3.05, 3.63) is 24.4 Å². The van der Waals surface area contributed by atoms with Crippen molar-refractivity contribution in [3.8, 4) is 0 Å². The molecule has 0 amide bonds. The molecule has 2 aromatic rings. The molecule has 4 aliphatic heterocycles. The van der Waals surface area contributed by atoms with E-state index in [1.165, 1.54) is 12.8 Å². The topological polar surface area (TPSA) is 113 Å². The summed E-state index contributed by atoms with van der Waals surface area (Å²) in [7, 11) is 0. The zero-order chi connectivity index (χ0) is 22.4. The Labute approximate surface area is 192 Å². The number of rotatable bonds is 6. The first-order valence-electron chi connectivity index (χ1n) is 12.0. The third-order valence-corrected chi connectivity index (χ3v) is 7.30. The standard InChI is InChI=1S/C23H31N7O3/c1-13-7-21(29-28-13)26-20-10-19-18(3-2-6-24-19)22(27-20)25-14-8-15-4-5-16(9-14)30(15)11-17-12-32-23(31)33-17/h2-3,6,10,13-17,21,28-29H,4-5,7-9,11-12H2,1H3,(H2,25,26,27)/t13?,14?,15-,16+,17?,21?. The fourth-order valence-corrected chi connectivity index (χ4v) is 5.82. The number of nitrogens with zero attached hydrogens (tertiary/aromatic N) is 3. The summed E-state index contributed by atoms with van der Waals surface area (Å²) in [6, 6.07) is 7.80. The Morgan fingerprint density at radius 1 is 1.18 bits per heavy atom. The number of cyclic esters (lactones) is 2. The van der Waals surface area contributed by atoms with Gasteiger partial charge in [0.05, 0.1) is 11.7 Å². The molecule has 0 aliphatic carbocycles. The molecule has 10 heteroatoms. The van der Waals surface area contributed by atoms with Crippen LogP contribution in [0.2, 0.25) is 0 Å². The number of carbonyl (C=O) groups excluding carboxylic acids is 1. The van der Waals surface area contributed by atoms with E-state index in [0.29, 0.717) is 30.8 Å². The van der Waals surface area contributed by atoms with Gasteiger partial charge < -0.3 is 20.1 Å². The molecule has 6 heterocycles. The van der Waals surface area contributed by atoms with Crippen LogP contribution in [0, 0.1) is 0 Å². The van der Waals surface area contributed by atoms with E-state index in [2.05, 4.69) is 44.4 Å². The Morgan fingerprint density at radius 3 is 2.76 bits per heavy atom. The number of piperidine rings is 1. The Morgan fingerprint density at radius 2 is 2.03 bits per heavy atom. The highest BCUT2D eigenvalue weighted by molar-refractivity contribution is 5.91. The summed E-state index contributed by atoms with van der Waals surface area (Å²) in [5.74, 6) is 1.71. The number of fused-ring (bicyclic) bond motifs is 3. The molecule has 4 aliphatic rings. The van der Waals surface area contributed by atoms with E-state index < -0.39 is 6.16 Å². The molecule has 2 aromatic heterocycles. The van der Waals surface area contributed by atoms with Crippen LogP contribution in [-0.4, -0.2) is 70.6 Å². The molecule has 0 saturated carbocycles. The summed E-state index contributed by atoms with van der Waals surface area (Å²) in [5.41, 5.74) is 7.45. The summed E-state index contributed by atoms with van der Waals surface area (Å²) in [5, 5.41) is 8.29. The van der Waals surface area contributed by atoms with Gasteiger partial charge in [-0.15, -0.1) is 0 Å². The molecule has 0 radical (unpaired) electrons. The second kappa shape index (κ2) is 8.58. The molecule has 4 N–H and O–H groups in total. The number of hydrazine groups is 1. The van der Waals surface area contributed by atoms with Gasteiger partial charge in [0.15, 0.2) is 6.10 Å². The van der Waals surface area contributed by atoms with E-state index in [1.54, 1.807) is 0 Å². The zero-order valence-corrected chi connectivity index (χ0v) is 18.8. The summed E-state index contributed by atoms with van der Waals surface area (Å²) >= 11 is 0. The number of nitrogens with one attached hydrogen (secondary N) is 4. The minimum Gasteiger partial charge on any atom is -0.430 e. The number of pyridine rings is 2. The van der Waals surface area contributed by atoms with Crippen molar-refractivity contribution in [2.75, 3.05) is 23.8 Å². The van der Waals surface area contributed by atoms with Crippen molar-refractivity contribution in [1.29, 1.82) is 0 Å². The van der Waals surface area contributed by atoms with E-state index in [1.807, 2.05) is 18.3 Å². The van der Waals surface area contributed by atoms with Crippen molar-refractivity contribution >= 4 is 28.7 Å². The van der Waals surface area contributed by atoms with Gasteiger partial charge in [0.25, 0.3) is 0 Å². The predicted molar refractivity (Wildman–Crippen MR) is 124 cm³/mol. The number of carbonyl (C=O) groups is 1. The number of hydrogen-bond acceptors (Lipinski definition) is 10. The second-order valence-electron chi connectivity index (χ2n) is 9.74. The highest BCUT2D eigenvalue weighted by atomic mass is 16.8. The van der Waals surface area contributed by atoms with Crippen molar-refractivity contribution in [2.24, 2.45) is 0 Å². The predicted octanol–water partition coefficient (Wildman–Crippen LogP) is 2.20. The van der Waals surface area contributed by atoms with E-state index >= 15 is 0 Å². The maximum atomic E-state index is 11.3. The quantitative estimate of drug-likeness (QED) is 0.486. The Hall–Kier alpha value is -2.69. The molecule has 6 atom stereocenters. The summed E-state index contributed by atoms with van der Waals surface area (Å²) in [4.78, 5) is 23.3. The fourth-order valence-electron chi connectivity index (χ4n) is 5.82. The van der Waals surface area contributed by atoms with Crippen LogP contribution in [0.1, 0.15) is 39.0 Å². The Kier molecular flexibility index (Phi) is 5.43. The SMILES string of the molecule is CC1CC(Nc2cc3ncccc3c(NC3C[C@H]4CC[C@@H](C3)N4CC3COC(=O)O3)n2)NN1. The normalized spacial score (nSPS) is 33.8. The number of ether oxygens (including phenoxy) is 2. The lowest BCUT2D eigenvalue weighted by atomic mass is 9.96. The first-order valence-corrected chi connectivity index (χ1v) is 12.0. The van der Waals surface area contributed by atoms with Gasteiger partial charge in [-0.3, -0.25) is 15.3 Å². The third-order valence-electron chi connectivity index (χ3n) is 7.30. The van der Waals surface area contributed by atoms with E-state index in [9.17, 15) is 4.79 Å². The van der Waals surface area contributed by atoms with Crippen molar-refractivity contribution in [1.82, 2.24) is 25.7 Å². The highest BCUT2D eigenvalue weighted by Crippen LogP contribution is 2.38. The lowest BCUT2D eigenvalue weighted by molar-refractivity contribution is 0.0646. The molecule has 4 unspecified atom stereocenters. The van der Waals surface area contributed by atoms with E-state index in [4.69, 9.17) is 14.5 Å². The van der Waals surface area contributed by atoms with Crippen LogP contribution in [-0.2, 0) is 9.47 Å². The molecule has 10 nitrogen and oxygen atoms in total. The summed E-state index contributed by atoms with van der Waals surface area (Å²) in [6.07, 6.45) is 6.71. The van der Waals surface area contributed by atoms with Gasteiger partial charge in [-0.2, -0.15) is 0 Å². The zero-order valence-electron chi connectivity index (χ0n) is 18.8. The van der Waals surface area contributed by atoms with Crippen LogP contribution < -0.4 is 21.5 Å². The van der Waals surface area contributed by atoms with Gasteiger partial charge in [0.2, 0.25) is 0 Å². The van der Waals surface area contributed by atoms with Crippen molar-refractivity contribution in [2.45, 2.75) is 75.5 Å². The van der Waals surface area contributed by atoms with Gasteiger partial charge in [-0.1, -0.05) is 0 Å². The lowest BCUT2D eigenvalue weighted by Gasteiger charge is -2.40. The molecule has 176 valence electrons. The molecule has 4 saturated heterocycles. The largest absolute Gasteiger partial charge is 0.508 e. The minimum atomic E-state index is -0.540. The van der Waals surface area contributed by atoms with E-state index in [0.717, 1.165) is 48.3 Å². The van der Waals surface area contributed by atoms with Crippen molar-refractivity contribution < 1.29 is 14.3 Å². The van der Waals surface area contributed by atoms with Crippen LogP contribution >= 0.6 is 0 Å². The van der Waals surface area contributed by atoms with E-state index in [-0.39, 0.29) is 12.3 Å². The molecular weight excluding hydrogens is 422 g/mol. The highest BCUT2D eigenvalue weighted by Gasteiger charge is 2.43. The van der Waals surface area contributed by atoms with Crippen LogP contribution in [0.5, 0.6) is 0 Å². The average molecular weight is 454 g/mol. The van der Waals surface area contributed by atoms with Gasteiger partial charge in [-0.05, 0) is 51.2 Å². The molecular formula is C23H31N7O3. The molecule has 0 aromatic carbocycles. The van der Waals surface area contributed by atoms with Gasteiger partial charge in [-0.25, -0.2) is 15.2 Å². The average Bonchev–Trinajstić information content (AvgIpc) is 3.46. The molecule has 4 fully saturated rings. The van der Waals surface area contributed by atoms with Crippen LogP contribution in [0.25, 0.3) is 10.9 Å². The molecule has 6 rings (SSSR count). The Balaban J connectivity index is 1.17.